The molecule has 0 aliphatic carbocycles. The number of hydrogen-bond donors (Lipinski definition) is 0. The van der Waals surface area contributed by atoms with Crippen LogP contribution in [0.4, 0.5) is 0 Å². The summed E-state index contributed by atoms with van der Waals surface area (Å²) >= 11 is 2.30. The summed E-state index contributed by atoms with van der Waals surface area (Å²) < 4.78 is 12.8. The molecule has 0 spiro atoms. The van der Waals surface area contributed by atoms with Gasteiger partial charge in [-0.05, 0) is 66.1 Å². The van der Waals surface area contributed by atoms with Crippen LogP contribution in [0.5, 0.6) is 5.75 Å². The van der Waals surface area contributed by atoms with Crippen LogP contribution in [0.2, 0.25) is 0 Å². The Labute approximate surface area is 160 Å². The van der Waals surface area contributed by atoms with E-state index in [0.717, 1.165) is 37.0 Å². The van der Waals surface area contributed by atoms with Gasteiger partial charge in [-0.1, -0.05) is 24.3 Å². The molecular formula is C21H19IO3. The number of benzene rings is 2. The Kier molecular flexibility index (Phi) is 5.27. The zero-order chi connectivity index (χ0) is 18.0. The van der Waals surface area contributed by atoms with Gasteiger partial charge in [0.25, 0.3) is 0 Å². The first-order valence-corrected chi connectivity index (χ1v) is 9.13. The molecule has 1 aromatic heterocycles. The van der Waals surface area contributed by atoms with E-state index in [-0.39, 0.29) is 5.63 Å². The molecule has 128 valence electrons. The predicted molar refractivity (Wildman–Crippen MR) is 109 cm³/mol. The smallest absolute Gasteiger partial charge is 0.336 e. The molecule has 0 unspecified atom stereocenters. The summed E-state index contributed by atoms with van der Waals surface area (Å²) in [5.41, 5.74) is 4.18. The van der Waals surface area contributed by atoms with E-state index in [1.54, 1.807) is 0 Å². The normalized spacial score (nSPS) is 10.8. The van der Waals surface area contributed by atoms with Crippen LogP contribution < -0.4 is 10.4 Å². The molecule has 0 fully saturated rings. The number of halogens is 1. The van der Waals surface area contributed by atoms with Crippen molar-refractivity contribution in [2.45, 2.75) is 26.9 Å². The molecule has 4 heteroatoms. The van der Waals surface area contributed by atoms with Crippen molar-refractivity contribution in [2.24, 2.45) is 0 Å². The van der Waals surface area contributed by atoms with Crippen molar-refractivity contribution in [2.75, 3.05) is 0 Å². The van der Waals surface area contributed by atoms with Crippen LogP contribution in [0, 0.1) is 17.4 Å². The molecule has 1 heterocycles. The Hall–Kier alpha value is -2.08. The van der Waals surface area contributed by atoms with Crippen LogP contribution in [0.25, 0.3) is 11.0 Å². The molecule has 0 amide bonds. The fraction of sp³-hybridized carbons (Fsp3) is 0.190. The van der Waals surface area contributed by atoms with Crippen LogP contribution in [0.1, 0.15) is 22.3 Å². The van der Waals surface area contributed by atoms with Crippen molar-refractivity contribution in [1.82, 2.24) is 0 Å². The maximum absolute atomic E-state index is 11.8. The minimum Gasteiger partial charge on any atom is -0.488 e. The van der Waals surface area contributed by atoms with E-state index in [1.165, 1.54) is 6.07 Å². The molecule has 2 aromatic carbocycles. The fourth-order valence-electron chi connectivity index (χ4n) is 2.93. The van der Waals surface area contributed by atoms with Gasteiger partial charge in [0.05, 0.1) is 0 Å². The summed E-state index contributed by atoms with van der Waals surface area (Å²) in [4.78, 5) is 11.8. The first-order valence-electron chi connectivity index (χ1n) is 8.05. The van der Waals surface area contributed by atoms with E-state index < -0.39 is 0 Å². The maximum atomic E-state index is 11.8. The topological polar surface area (TPSA) is 39.4 Å². The third-order valence-electron chi connectivity index (χ3n) is 4.19. The minimum absolute atomic E-state index is 0.340. The standard InChI is InChI=1S/C21H19IO3/c1-4-7-15-11-17-13(2)10-19(23)25-21(17)14(3)20(15)24-12-16-8-5-6-9-18(16)22/h4-6,8-11H,1,7,12H2,2-3H3. The molecule has 0 atom stereocenters. The zero-order valence-corrected chi connectivity index (χ0v) is 16.4. The number of hydrogen-bond acceptors (Lipinski definition) is 3. The maximum Gasteiger partial charge on any atom is 0.336 e. The van der Waals surface area contributed by atoms with Gasteiger partial charge in [-0.3, -0.25) is 0 Å². The lowest BCUT2D eigenvalue weighted by Gasteiger charge is -2.16. The molecule has 3 nitrogen and oxygen atoms in total. The molecule has 0 N–H and O–H groups in total. The lowest BCUT2D eigenvalue weighted by Crippen LogP contribution is -2.05. The van der Waals surface area contributed by atoms with Crippen LogP contribution in [0.3, 0.4) is 0 Å². The highest BCUT2D eigenvalue weighted by molar-refractivity contribution is 14.1. The minimum atomic E-state index is -0.340. The lowest BCUT2D eigenvalue weighted by atomic mass is 10.0. The van der Waals surface area contributed by atoms with Gasteiger partial charge in [-0.15, -0.1) is 6.58 Å². The van der Waals surface area contributed by atoms with Gasteiger partial charge < -0.3 is 9.15 Å². The summed E-state index contributed by atoms with van der Waals surface area (Å²) in [6, 6.07) is 11.7. The number of allylic oxidation sites excluding steroid dienone is 1. The average Bonchev–Trinajstić information content (AvgIpc) is 2.57. The molecule has 0 aliphatic rings. The second-order valence-electron chi connectivity index (χ2n) is 5.99. The number of fused-ring (bicyclic) bond motifs is 1. The first kappa shape index (κ1) is 17.7. The van der Waals surface area contributed by atoms with Crippen LogP contribution >= 0.6 is 22.6 Å². The van der Waals surface area contributed by atoms with Crippen LogP contribution in [0.15, 0.2) is 58.3 Å². The van der Waals surface area contributed by atoms with E-state index in [9.17, 15) is 4.79 Å². The Morgan fingerprint density at radius 3 is 2.68 bits per heavy atom. The highest BCUT2D eigenvalue weighted by Crippen LogP contribution is 2.33. The van der Waals surface area contributed by atoms with Crippen molar-refractivity contribution in [3.63, 3.8) is 0 Å². The van der Waals surface area contributed by atoms with Gasteiger partial charge >= 0.3 is 5.63 Å². The van der Waals surface area contributed by atoms with Crippen molar-refractivity contribution in [3.8, 4) is 5.75 Å². The molecule has 0 saturated heterocycles. The molecular weight excluding hydrogens is 427 g/mol. The molecule has 3 aromatic rings. The summed E-state index contributed by atoms with van der Waals surface area (Å²) in [5, 5.41) is 0.940. The lowest BCUT2D eigenvalue weighted by molar-refractivity contribution is 0.300. The summed E-state index contributed by atoms with van der Waals surface area (Å²) in [6.07, 6.45) is 2.55. The van der Waals surface area contributed by atoms with Gasteiger partial charge in [-0.25, -0.2) is 4.79 Å². The van der Waals surface area contributed by atoms with Crippen molar-refractivity contribution in [3.05, 3.63) is 85.3 Å². The Morgan fingerprint density at radius 1 is 1.20 bits per heavy atom. The Bertz CT molecular complexity index is 1000. The first-order chi connectivity index (χ1) is 12.0. The predicted octanol–water partition coefficient (Wildman–Crippen LogP) is 5.32. The van der Waals surface area contributed by atoms with Crippen LogP contribution in [-0.2, 0) is 13.0 Å². The number of aryl methyl sites for hydroxylation is 2. The van der Waals surface area contributed by atoms with E-state index in [1.807, 2.05) is 38.1 Å². The number of rotatable bonds is 5. The van der Waals surface area contributed by atoms with E-state index in [0.29, 0.717) is 18.6 Å². The summed E-state index contributed by atoms with van der Waals surface area (Å²) in [7, 11) is 0. The number of ether oxygens (including phenoxy) is 1. The van der Waals surface area contributed by atoms with Gasteiger partial charge in [-0.2, -0.15) is 0 Å². The average molecular weight is 446 g/mol. The summed E-state index contributed by atoms with van der Waals surface area (Å²) in [5.74, 6) is 0.765. The SMILES string of the molecule is C=CCc1cc2c(C)cc(=O)oc2c(C)c1OCc1ccccc1I. The Balaban J connectivity index is 2.10. The molecule has 0 aliphatic heterocycles. The highest BCUT2D eigenvalue weighted by Gasteiger charge is 2.15. The van der Waals surface area contributed by atoms with E-state index >= 15 is 0 Å². The highest BCUT2D eigenvalue weighted by atomic mass is 127. The zero-order valence-electron chi connectivity index (χ0n) is 14.3. The van der Waals surface area contributed by atoms with Crippen LogP contribution in [-0.4, -0.2) is 0 Å². The van der Waals surface area contributed by atoms with Gasteiger partial charge in [0.1, 0.15) is 17.9 Å². The monoisotopic (exact) mass is 446 g/mol. The summed E-state index contributed by atoms with van der Waals surface area (Å²) in [6.45, 7) is 8.16. The molecule has 0 bridgehead atoms. The largest absolute Gasteiger partial charge is 0.488 e. The Morgan fingerprint density at radius 2 is 1.96 bits per heavy atom. The third-order valence-corrected chi connectivity index (χ3v) is 5.24. The van der Waals surface area contributed by atoms with E-state index in [4.69, 9.17) is 9.15 Å². The second kappa shape index (κ2) is 7.44. The molecule has 3 rings (SSSR count). The van der Waals surface area contributed by atoms with Gasteiger partial charge in [0.15, 0.2) is 0 Å². The van der Waals surface area contributed by atoms with E-state index in [2.05, 4.69) is 41.3 Å². The quantitative estimate of drug-likeness (QED) is 0.303. The fourth-order valence-corrected chi connectivity index (χ4v) is 3.48. The molecule has 0 saturated carbocycles. The van der Waals surface area contributed by atoms with Crippen molar-refractivity contribution >= 4 is 33.6 Å². The molecule has 0 radical (unpaired) electrons. The van der Waals surface area contributed by atoms with Crippen molar-refractivity contribution in [1.29, 1.82) is 0 Å². The van der Waals surface area contributed by atoms with Crippen molar-refractivity contribution < 1.29 is 9.15 Å². The second-order valence-corrected chi connectivity index (χ2v) is 7.15. The van der Waals surface area contributed by atoms with Gasteiger partial charge in [0, 0.05) is 26.1 Å². The third kappa shape index (κ3) is 3.63. The van der Waals surface area contributed by atoms with Gasteiger partial charge in [0.2, 0.25) is 0 Å². The molecule has 25 heavy (non-hydrogen) atoms.